The van der Waals surface area contributed by atoms with E-state index in [0.29, 0.717) is 22.6 Å². The first-order valence-corrected chi connectivity index (χ1v) is 10.6. The maximum absolute atomic E-state index is 12.9. The van der Waals surface area contributed by atoms with Crippen molar-refractivity contribution < 1.29 is 19.1 Å². The van der Waals surface area contributed by atoms with E-state index in [4.69, 9.17) is 4.74 Å². The number of ether oxygens (including phenoxy) is 1. The van der Waals surface area contributed by atoms with Gasteiger partial charge in [-0.1, -0.05) is 25.0 Å². The van der Waals surface area contributed by atoms with Crippen LogP contribution in [-0.2, 0) is 4.79 Å². The largest absolute Gasteiger partial charge is 0.497 e. The fraction of sp³-hybridized carbons (Fsp3) is 0.375. The number of nitrogens with one attached hydrogen (secondary N) is 2. The fourth-order valence-corrected chi connectivity index (χ4v) is 3.63. The van der Waals surface area contributed by atoms with E-state index in [-0.39, 0.29) is 11.8 Å². The van der Waals surface area contributed by atoms with Gasteiger partial charge < -0.3 is 20.3 Å². The van der Waals surface area contributed by atoms with Crippen molar-refractivity contribution >= 4 is 23.4 Å². The summed E-state index contributed by atoms with van der Waals surface area (Å²) in [6.45, 7) is 3.16. The number of methoxy groups -OCH3 is 1. The van der Waals surface area contributed by atoms with E-state index in [0.717, 1.165) is 38.8 Å². The number of nitrogens with zero attached hydrogens (tertiary/aromatic N) is 1. The SMILES string of the molecule is COc1ccc(C(=O)Nc2ccccc2C(=O)N[C@H](C)C(=O)N2CCCCCC2)cc1. The lowest BCUT2D eigenvalue weighted by atomic mass is 10.1. The van der Waals surface area contributed by atoms with E-state index in [9.17, 15) is 14.4 Å². The number of hydrogen-bond donors (Lipinski definition) is 2. The summed E-state index contributed by atoms with van der Waals surface area (Å²) in [6, 6.07) is 12.8. The van der Waals surface area contributed by atoms with Crippen LogP contribution in [0.15, 0.2) is 48.5 Å². The molecule has 1 fully saturated rings. The van der Waals surface area contributed by atoms with E-state index in [2.05, 4.69) is 10.6 Å². The first kappa shape index (κ1) is 22.3. The Labute approximate surface area is 182 Å². The van der Waals surface area contributed by atoms with Gasteiger partial charge in [-0.3, -0.25) is 14.4 Å². The zero-order valence-electron chi connectivity index (χ0n) is 18.0. The van der Waals surface area contributed by atoms with Crippen LogP contribution < -0.4 is 15.4 Å². The van der Waals surface area contributed by atoms with Crippen molar-refractivity contribution in [3.63, 3.8) is 0 Å². The Hall–Kier alpha value is -3.35. The number of anilines is 1. The molecule has 0 radical (unpaired) electrons. The number of carbonyl (C=O) groups is 3. The Kier molecular flexibility index (Phi) is 7.65. The Balaban J connectivity index is 1.67. The first-order chi connectivity index (χ1) is 15.0. The summed E-state index contributed by atoms with van der Waals surface area (Å²) in [6.07, 6.45) is 4.25. The van der Waals surface area contributed by atoms with Crippen LogP contribution in [0.4, 0.5) is 5.69 Å². The molecule has 1 aliphatic rings. The normalized spacial score (nSPS) is 14.8. The molecule has 3 rings (SSSR count). The standard InChI is InChI=1S/C24H29N3O4/c1-17(24(30)27-15-7-3-4-8-16-27)25-23(29)20-9-5-6-10-21(20)26-22(28)18-11-13-19(31-2)14-12-18/h5-6,9-14,17H,3-4,7-8,15-16H2,1-2H3,(H,25,29)(H,26,28)/t17-/m1/s1. The number of benzene rings is 2. The van der Waals surface area contributed by atoms with Gasteiger partial charge in [0.2, 0.25) is 5.91 Å². The van der Waals surface area contributed by atoms with Crippen molar-refractivity contribution in [1.82, 2.24) is 10.2 Å². The predicted molar refractivity (Wildman–Crippen MR) is 119 cm³/mol. The third-order valence-electron chi connectivity index (χ3n) is 5.41. The summed E-state index contributed by atoms with van der Waals surface area (Å²) in [5, 5.41) is 5.57. The van der Waals surface area contributed by atoms with Gasteiger partial charge in [0.25, 0.3) is 11.8 Å². The first-order valence-electron chi connectivity index (χ1n) is 10.6. The molecule has 1 saturated heterocycles. The molecular formula is C24H29N3O4. The van der Waals surface area contributed by atoms with Crippen molar-refractivity contribution in [2.24, 2.45) is 0 Å². The second-order valence-corrected chi connectivity index (χ2v) is 7.66. The number of likely N-dealkylation sites (tertiary alicyclic amines) is 1. The van der Waals surface area contributed by atoms with Crippen LogP contribution in [0, 0.1) is 0 Å². The van der Waals surface area contributed by atoms with Gasteiger partial charge in [0, 0.05) is 18.7 Å². The molecule has 3 amide bonds. The number of rotatable bonds is 6. The third kappa shape index (κ3) is 5.84. The lowest BCUT2D eigenvalue weighted by Crippen LogP contribution is -2.47. The van der Waals surface area contributed by atoms with Crippen LogP contribution >= 0.6 is 0 Å². The zero-order valence-corrected chi connectivity index (χ0v) is 18.0. The monoisotopic (exact) mass is 423 g/mol. The van der Waals surface area contributed by atoms with Crippen molar-refractivity contribution in [3.05, 3.63) is 59.7 Å². The van der Waals surface area contributed by atoms with Crippen LogP contribution in [0.25, 0.3) is 0 Å². The predicted octanol–water partition coefficient (Wildman–Crippen LogP) is 3.47. The molecule has 164 valence electrons. The van der Waals surface area contributed by atoms with Gasteiger partial charge in [0.15, 0.2) is 0 Å². The maximum Gasteiger partial charge on any atom is 0.255 e. The molecule has 0 unspecified atom stereocenters. The summed E-state index contributed by atoms with van der Waals surface area (Å²) < 4.78 is 5.11. The minimum Gasteiger partial charge on any atom is -0.497 e. The number of para-hydroxylation sites is 1. The summed E-state index contributed by atoms with van der Waals surface area (Å²) in [4.78, 5) is 40.1. The topological polar surface area (TPSA) is 87.7 Å². The average molecular weight is 424 g/mol. The minimum absolute atomic E-state index is 0.0741. The van der Waals surface area contributed by atoms with Crippen LogP contribution in [0.1, 0.15) is 53.3 Å². The highest BCUT2D eigenvalue weighted by Crippen LogP contribution is 2.18. The van der Waals surface area contributed by atoms with Gasteiger partial charge in [-0.25, -0.2) is 0 Å². The van der Waals surface area contributed by atoms with E-state index in [1.165, 1.54) is 0 Å². The van der Waals surface area contributed by atoms with Gasteiger partial charge in [0.05, 0.1) is 18.4 Å². The van der Waals surface area contributed by atoms with Crippen molar-refractivity contribution in [3.8, 4) is 5.75 Å². The molecule has 0 spiro atoms. The van der Waals surface area contributed by atoms with Gasteiger partial charge in [-0.15, -0.1) is 0 Å². The highest BCUT2D eigenvalue weighted by molar-refractivity contribution is 6.09. The van der Waals surface area contributed by atoms with Crippen LogP contribution in [0.5, 0.6) is 5.75 Å². The van der Waals surface area contributed by atoms with E-state index < -0.39 is 11.9 Å². The van der Waals surface area contributed by atoms with Crippen molar-refractivity contribution in [2.75, 3.05) is 25.5 Å². The molecule has 0 saturated carbocycles. The quantitative estimate of drug-likeness (QED) is 0.745. The Morgan fingerprint density at radius 3 is 2.19 bits per heavy atom. The molecule has 7 heteroatoms. The van der Waals surface area contributed by atoms with Gasteiger partial charge in [0.1, 0.15) is 11.8 Å². The van der Waals surface area contributed by atoms with Crippen molar-refractivity contribution in [1.29, 1.82) is 0 Å². The number of amides is 3. The smallest absolute Gasteiger partial charge is 0.255 e. The molecule has 2 aromatic carbocycles. The molecule has 1 aliphatic heterocycles. The third-order valence-corrected chi connectivity index (χ3v) is 5.41. The zero-order chi connectivity index (χ0) is 22.2. The minimum atomic E-state index is -0.643. The van der Waals surface area contributed by atoms with Gasteiger partial charge >= 0.3 is 0 Å². The lowest BCUT2D eigenvalue weighted by molar-refractivity contribution is -0.132. The lowest BCUT2D eigenvalue weighted by Gasteiger charge is -2.25. The molecule has 0 aromatic heterocycles. The van der Waals surface area contributed by atoms with Crippen molar-refractivity contribution in [2.45, 2.75) is 38.6 Å². The molecule has 31 heavy (non-hydrogen) atoms. The average Bonchev–Trinajstić information content (AvgIpc) is 3.08. The second kappa shape index (κ2) is 10.6. The molecule has 2 N–H and O–H groups in total. The van der Waals surface area contributed by atoms with Crippen LogP contribution in [0.3, 0.4) is 0 Å². The Morgan fingerprint density at radius 2 is 1.55 bits per heavy atom. The molecule has 1 atom stereocenters. The molecule has 0 aliphatic carbocycles. The molecular weight excluding hydrogens is 394 g/mol. The van der Waals surface area contributed by atoms with Gasteiger partial charge in [-0.05, 0) is 56.2 Å². The van der Waals surface area contributed by atoms with E-state index in [1.807, 2.05) is 4.90 Å². The summed E-state index contributed by atoms with van der Waals surface area (Å²) in [5.74, 6) is -0.160. The van der Waals surface area contributed by atoms with Crippen LogP contribution in [-0.4, -0.2) is 48.9 Å². The second-order valence-electron chi connectivity index (χ2n) is 7.66. The maximum atomic E-state index is 12.9. The summed E-state index contributed by atoms with van der Waals surface area (Å²) in [5.41, 5.74) is 1.14. The highest BCUT2D eigenvalue weighted by Gasteiger charge is 2.24. The Morgan fingerprint density at radius 1 is 0.903 bits per heavy atom. The van der Waals surface area contributed by atoms with E-state index >= 15 is 0 Å². The van der Waals surface area contributed by atoms with Crippen LogP contribution in [0.2, 0.25) is 0 Å². The number of carbonyl (C=O) groups excluding carboxylic acids is 3. The molecule has 2 aromatic rings. The summed E-state index contributed by atoms with van der Waals surface area (Å²) in [7, 11) is 1.56. The molecule has 0 bridgehead atoms. The fourth-order valence-electron chi connectivity index (χ4n) is 3.63. The molecule has 7 nitrogen and oxygen atoms in total. The van der Waals surface area contributed by atoms with E-state index in [1.54, 1.807) is 62.6 Å². The number of hydrogen-bond acceptors (Lipinski definition) is 4. The molecule has 1 heterocycles. The highest BCUT2D eigenvalue weighted by atomic mass is 16.5. The summed E-state index contributed by atoms with van der Waals surface area (Å²) >= 11 is 0. The Bertz CT molecular complexity index is 919. The van der Waals surface area contributed by atoms with Gasteiger partial charge in [-0.2, -0.15) is 0 Å².